The molecular weight excluding hydrogens is 374 g/mol. The highest BCUT2D eigenvalue weighted by atomic mass is 79.9. The predicted molar refractivity (Wildman–Crippen MR) is 107 cm³/mol. The van der Waals surface area contributed by atoms with Crippen molar-refractivity contribution in [1.29, 1.82) is 0 Å². The van der Waals surface area contributed by atoms with Crippen LogP contribution in [0.15, 0.2) is 59.1 Å². The Kier molecular flexibility index (Phi) is 4.60. The molecule has 0 amide bonds. The maximum Gasteiger partial charge on any atom is 0.120 e. The maximum absolute atomic E-state index is 6.05. The normalized spacial score (nSPS) is 25.0. The predicted octanol–water partition coefficient (Wildman–Crippen LogP) is 6.45. The summed E-state index contributed by atoms with van der Waals surface area (Å²) >= 11 is 3.54. The molecule has 1 aliphatic carbocycles. The molecule has 2 nitrogen and oxygen atoms in total. The summed E-state index contributed by atoms with van der Waals surface area (Å²) in [5.74, 6) is 2.01. The molecule has 0 spiro atoms. The Bertz CT molecular complexity index is 783. The molecule has 3 heteroatoms. The van der Waals surface area contributed by atoms with E-state index in [0.29, 0.717) is 17.9 Å². The van der Waals surface area contributed by atoms with Crippen LogP contribution >= 0.6 is 15.9 Å². The third kappa shape index (κ3) is 3.22. The van der Waals surface area contributed by atoms with E-state index >= 15 is 0 Å². The molecule has 0 radical (unpaired) electrons. The fraction of sp³-hybridized carbons (Fsp3) is 0.364. The minimum atomic E-state index is 0.250. The summed E-state index contributed by atoms with van der Waals surface area (Å²) in [6, 6.07) is 15.6. The number of anilines is 1. The van der Waals surface area contributed by atoms with Crippen LogP contribution in [-0.4, -0.2) is 6.10 Å². The van der Waals surface area contributed by atoms with Gasteiger partial charge < -0.3 is 10.1 Å². The first kappa shape index (κ1) is 16.7. The summed E-state index contributed by atoms with van der Waals surface area (Å²) < 4.78 is 7.17. The van der Waals surface area contributed by atoms with Gasteiger partial charge in [-0.3, -0.25) is 0 Å². The Hall–Kier alpha value is -1.74. The van der Waals surface area contributed by atoms with Gasteiger partial charge in [-0.15, -0.1) is 0 Å². The van der Waals surface area contributed by atoms with Crippen molar-refractivity contribution in [1.82, 2.24) is 0 Å². The molecule has 1 aliphatic heterocycles. The number of allylic oxidation sites excluding steroid dienone is 2. The SMILES string of the molecule is CCC(C)Oc1ccc2c(c1)C1C=CCC1C(c1ccc(Br)cc1)N2. The number of hydrogen-bond acceptors (Lipinski definition) is 2. The summed E-state index contributed by atoms with van der Waals surface area (Å²) in [6.45, 7) is 4.28. The second kappa shape index (κ2) is 6.87. The third-order valence-electron chi connectivity index (χ3n) is 5.48. The van der Waals surface area contributed by atoms with Crippen LogP contribution in [0.25, 0.3) is 0 Å². The first-order valence-corrected chi connectivity index (χ1v) is 9.94. The van der Waals surface area contributed by atoms with Gasteiger partial charge in [-0.05, 0) is 67.1 Å². The van der Waals surface area contributed by atoms with E-state index in [-0.39, 0.29) is 6.10 Å². The fourth-order valence-electron chi connectivity index (χ4n) is 3.96. The standard InChI is InChI=1S/C22H24BrNO/c1-3-14(2)25-17-11-12-21-20(13-17)18-5-4-6-19(18)22(24-21)15-7-9-16(23)10-8-15/h4-5,7-14,18-19,22,24H,3,6H2,1-2H3. The monoisotopic (exact) mass is 397 g/mol. The molecule has 25 heavy (non-hydrogen) atoms. The molecule has 2 aromatic rings. The van der Waals surface area contributed by atoms with Crippen LogP contribution in [0, 0.1) is 5.92 Å². The Morgan fingerprint density at radius 3 is 2.76 bits per heavy atom. The Morgan fingerprint density at radius 1 is 1.20 bits per heavy atom. The van der Waals surface area contributed by atoms with Gasteiger partial charge in [0.1, 0.15) is 5.75 Å². The van der Waals surface area contributed by atoms with Gasteiger partial charge in [0.15, 0.2) is 0 Å². The van der Waals surface area contributed by atoms with Gasteiger partial charge in [0.05, 0.1) is 12.1 Å². The highest BCUT2D eigenvalue weighted by molar-refractivity contribution is 9.10. The molecule has 1 N–H and O–H groups in total. The van der Waals surface area contributed by atoms with Crippen molar-refractivity contribution in [2.75, 3.05) is 5.32 Å². The highest BCUT2D eigenvalue weighted by Crippen LogP contribution is 2.50. The van der Waals surface area contributed by atoms with Gasteiger partial charge in [0.25, 0.3) is 0 Å². The number of nitrogens with one attached hydrogen (secondary N) is 1. The lowest BCUT2D eigenvalue weighted by molar-refractivity contribution is 0.217. The lowest BCUT2D eigenvalue weighted by Crippen LogP contribution is -2.29. The number of hydrogen-bond donors (Lipinski definition) is 1. The first-order chi connectivity index (χ1) is 12.2. The largest absolute Gasteiger partial charge is 0.491 e. The summed E-state index contributed by atoms with van der Waals surface area (Å²) in [4.78, 5) is 0. The van der Waals surface area contributed by atoms with Crippen LogP contribution in [0.3, 0.4) is 0 Å². The molecule has 0 aromatic heterocycles. The van der Waals surface area contributed by atoms with Crippen molar-refractivity contribution >= 4 is 21.6 Å². The van der Waals surface area contributed by atoms with Crippen molar-refractivity contribution in [3.8, 4) is 5.75 Å². The number of fused-ring (bicyclic) bond motifs is 3. The second-order valence-electron chi connectivity index (χ2n) is 7.11. The van der Waals surface area contributed by atoms with Crippen LogP contribution in [0.2, 0.25) is 0 Å². The van der Waals surface area contributed by atoms with E-state index in [1.807, 2.05) is 0 Å². The Balaban J connectivity index is 1.67. The lowest BCUT2D eigenvalue weighted by Gasteiger charge is -2.37. The number of halogens is 1. The molecular formula is C22H24BrNO. The molecule has 2 aromatic carbocycles. The van der Waals surface area contributed by atoms with E-state index in [1.54, 1.807) is 0 Å². The van der Waals surface area contributed by atoms with E-state index in [1.165, 1.54) is 16.8 Å². The number of benzene rings is 2. The zero-order valence-corrected chi connectivity index (χ0v) is 16.3. The van der Waals surface area contributed by atoms with Crippen LogP contribution in [0.1, 0.15) is 49.8 Å². The third-order valence-corrected chi connectivity index (χ3v) is 6.00. The van der Waals surface area contributed by atoms with Gasteiger partial charge in [-0.2, -0.15) is 0 Å². The molecule has 4 unspecified atom stereocenters. The summed E-state index contributed by atoms with van der Waals surface area (Å²) in [5, 5.41) is 3.79. The molecule has 1 heterocycles. The number of ether oxygens (including phenoxy) is 1. The zero-order valence-electron chi connectivity index (χ0n) is 14.7. The van der Waals surface area contributed by atoms with Gasteiger partial charge in [0.2, 0.25) is 0 Å². The average Bonchev–Trinajstić information content (AvgIpc) is 3.12. The van der Waals surface area contributed by atoms with Crippen molar-refractivity contribution in [3.63, 3.8) is 0 Å². The van der Waals surface area contributed by atoms with Gasteiger partial charge in [-0.1, -0.05) is 47.1 Å². The number of rotatable bonds is 4. The maximum atomic E-state index is 6.05. The van der Waals surface area contributed by atoms with E-state index in [9.17, 15) is 0 Å². The minimum absolute atomic E-state index is 0.250. The Morgan fingerprint density at radius 2 is 2.00 bits per heavy atom. The van der Waals surface area contributed by atoms with Gasteiger partial charge in [0, 0.05) is 16.1 Å². The molecule has 0 saturated carbocycles. The molecule has 4 rings (SSSR count). The zero-order chi connectivity index (χ0) is 17.4. The summed E-state index contributed by atoms with van der Waals surface area (Å²) in [5.41, 5.74) is 3.96. The van der Waals surface area contributed by atoms with Crippen LogP contribution in [0.5, 0.6) is 5.75 Å². The Labute approximate surface area is 158 Å². The first-order valence-electron chi connectivity index (χ1n) is 9.15. The van der Waals surface area contributed by atoms with Crippen LogP contribution in [0.4, 0.5) is 5.69 Å². The molecule has 0 fully saturated rings. The molecule has 2 aliphatic rings. The van der Waals surface area contributed by atoms with E-state index in [0.717, 1.165) is 23.1 Å². The van der Waals surface area contributed by atoms with Gasteiger partial charge in [-0.25, -0.2) is 0 Å². The summed E-state index contributed by atoms with van der Waals surface area (Å²) in [6.07, 6.45) is 7.10. The molecule has 0 bridgehead atoms. The second-order valence-corrected chi connectivity index (χ2v) is 8.03. The van der Waals surface area contributed by atoms with Crippen molar-refractivity contribution in [3.05, 3.63) is 70.2 Å². The van der Waals surface area contributed by atoms with Crippen LogP contribution in [-0.2, 0) is 0 Å². The smallest absolute Gasteiger partial charge is 0.120 e. The van der Waals surface area contributed by atoms with Crippen LogP contribution < -0.4 is 10.1 Å². The highest BCUT2D eigenvalue weighted by Gasteiger charge is 2.38. The van der Waals surface area contributed by atoms with E-state index in [2.05, 4.69) is 89.7 Å². The molecule has 130 valence electrons. The van der Waals surface area contributed by atoms with Crippen molar-refractivity contribution < 1.29 is 4.74 Å². The fourth-order valence-corrected chi connectivity index (χ4v) is 4.23. The van der Waals surface area contributed by atoms with E-state index < -0.39 is 0 Å². The van der Waals surface area contributed by atoms with Crippen molar-refractivity contribution in [2.45, 2.75) is 44.8 Å². The minimum Gasteiger partial charge on any atom is -0.491 e. The van der Waals surface area contributed by atoms with Gasteiger partial charge >= 0.3 is 0 Å². The molecule has 0 saturated heterocycles. The molecule has 4 atom stereocenters. The van der Waals surface area contributed by atoms with E-state index in [4.69, 9.17) is 4.74 Å². The quantitative estimate of drug-likeness (QED) is 0.598. The lowest BCUT2D eigenvalue weighted by atomic mass is 9.77. The topological polar surface area (TPSA) is 21.3 Å². The summed E-state index contributed by atoms with van der Waals surface area (Å²) in [7, 11) is 0. The average molecular weight is 398 g/mol. The van der Waals surface area contributed by atoms with Crippen molar-refractivity contribution in [2.24, 2.45) is 5.92 Å².